The van der Waals surface area contributed by atoms with Gasteiger partial charge in [0.1, 0.15) is 5.54 Å². The third-order valence-electron chi connectivity index (χ3n) is 2.50. The van der Waals surface area contributed by atoms with Crippen LogP contribution in [-0.2, 0) is 16.8 Å². The topological polar surface area (TPSA) is 49.3 Å². The maximum Gasteiger partial charge on any atom is 0.329 e. The van der Waals surface area contributed by atoms with Crippen molar-refractivity contribution < 1.29 is 9.90 Å². The molecule has 2 N–H and O–H groups in total. The highest BCUT2D eigenvalue weighted by atomic mass is 32.1. The van der Waals surface area contributed by atoms with Crippen LogP contribution in [0.25, 0.3) is 0 Å². The minimum absolute atomic E-state index is 0.743. The second kappa shape index (κ2) is 2.82. The predicted molar refractivity (Wildman–Crippen MR) is 51.0 cm³/mol. The molecule has 0 spiro atoms. The highest BCUT2D eigenvalue weighted by Gasteiger charge is 2.39. The summed E-state index contributed by atoms with van der Waals surface area (Å²) in [4.78, 5) is 12.0. The average molecular weight is 197 g/mol. The van der Waals surface area contributed by atoms with E-state index in [1.807, 2.05) is 11.4 Å². The molecule has 0 aromatic carbocycles. The number of carboxylic acid groups (broad SMARTS) is 1. The Labute approximate surface area is 80.4 Å². The zero-order valence-electron chi connectivity index (χ0n) is 7.33. The lowest BCUT2D eigenvalue weighted by atomic mass is 9.92. The molecular weight excluding hydrogens is 186 g/mol. The molecule has 1 aliphatic heterocycles. The fourth-order valence-electron chi connectivity index (χ4n) is 1.67. The van der Waals surface area contributed by atoms with E-state index in [2.05, 4.69) is 5.32 Å². The van der Waals surface area contributed by atoms with Gasteiger partial charge in [-0.3, -0.25) is 5.32 Å². The van der Waals surface area contributed by atoms with Crippen molar-refractivity contribution in [1.82, 2.24) is 5.32 Å². The summed E-state index contributed by atoms with van der Waals surface area (Å²) in [6.45, 7) is 2.47. The van der Waals surface area contributed by atoms with E-state index in [1.165, 1.54) is 16.9 Å². The molecule has 0 unspecified atom stereocenters. The second-order valence-electron chi connectivity index (χ2n) is 3.38. The first-order valence-electron chi connectivity index (χ1n) is 4.20. The molecule has 1 aromatic rings. The molecular formula is C9H11NO2S. The van der Waals surface area contributed by atoms with E-state index in [1.54, 1.807) is 6.92 Å². The van der Waals surface area contributed by atoms with Gasteiger partial charge in [0, 0.05) is 11.4 Å². The van der Waals surface area contributed by atoms with Crippen molar-refractivity contribution >= 4 is 17.3 Å². The third-order valence-corrected chi connectivity index (χ3v) is 3.68. The molecule has 13 heavy (non-hydrogen) atoms. The monoisotopic (exact) mass is 197 g/mol. The first kappa shape index (κ1) is 8.72. The molecule has 1 aliphatic rings. The number of nitrogens with one attached hydrogen (secondary N) is 1. The Balaban J connectivity index is 2.51. The van der Waals surface area contributed by atoms with Gasteiger partial charge in [-0.25, -0.2) is 4.79 Å². The molecule has 0 radical (unpaired) electrons. The highest BCUT2D eigenvalue weighted by molar-refractivity contribution is 7.10. The number of fused-ring (bicyclic) bond motifs is 1. The molecule has 70 valence electrons. The van der Waals surface area contributed by atoms with Gasteiger partial charge in [-0.2, -0.15) is 0 Å². The molecule has 0 aliphatic carbocycles. The van der Waals surface area contributed by atoms with Crippen LogP contribution in [0.4, 0.5) is 0 Å². The van der Waals surface area contributed by atoms with Crippen LogP contribution in [0, 0.1) is 0 Å². The van der Waals surface area contributed by atoms with Crippen LogP contribution in [-0.4, -0.2) is 17.6 Å². The number of aliphatic carboxylic acids is 1. The first-order chi connectivity index (χ1) is 6.14. The Morgan fingerprint density at radius 1 is 1.77 bits per heavy atom. The predicted octanol–water partition coefficient (Wildman–Crippen LogP) is 1.19. The molecule has 2 heterocycles. The summed E-state index contributed by atoms with van der Waals surface area (Å²) >= 11 is 1.52. The molecule has 0 bridgehead atoms. The largest absolute Gasteiger partial charge is 0.480 e. The van der Waals surface area contributed by atoms with E-state index in [9.17, 15) is 4.79 Å². The van der Waals surface area contributed by atoms with Crippen LogP contribution < -0.4 is 5.32 Å². The van der Waals surface area contributed by atoms with Crippen molar-refractivity contribution in [3.8, 4) is 0 Å². The molecule has 0 saturated carbocycles. The molecule has 0 saturated heterocycles. The van der Waals surface area contributed by atoms with Crippen molar-refractivity contribution in [2.75, 3.05) is 6.54 Å². The standard InChI is InChI=1S/C9H11NO2S/c1-9(8(11)12)7-6(2-4-10-9)3-5-13-7/h3,5,10H,2,4H2,1H3,(H,11,12)/t9-/m1/s1. The Kier molecular flexibility index (Phi) is 1.89. The van der Waals surface area contributed by atoms with Crippen LogP contribution in [0.5, 0.6) is 0 Å². The number of carbonyl (C=O) groups is 1. The molecule has 1 atom stereocenters. The van der Waals surface area contributed by atoms with E-state index in [0.717, 1.165) is 17.8 Å². The molecule has 3 nitrogen and oxygen atoms in total. The van der Waals surface area contributed by atoms with Crippen molar-refractivity contribution in [1.29, 1.82) is 0 Å². The van der Waals surface area contributed by atoms with Crippen LogP contribution in [0.1, 0.15) is 17.4 Å². The molecule has 1 aromatic heterocycles. The normalized spacial score (nSPS) is 26.8. The summed E-state index contributed by atoms with van der Waals surface area (Å²) in [5.41, 5.74) is 0.301. The zero-order chi connectivity index (χ0) is 9.47. The number of carboxylic acids is 1. The smallest absolute Gasteiger partial charge is 0.329 e. The zero-order valence-corrected chi connectivity index (χ0v) is 8.15. The van der Waals surface area contributed by atoms with E-state index in [0.29, 0.717) is 0 Å². The maximum absolute atomic E-state index is 11.1. The third kappa shape index (κ3) is 1.17. The van der Waals surface area contributed by atoms with Gasteiger partial charge in [0.2, 0.25) is 0 Å². The Morgan fingerprint density at radius 2 is 2.54 bits per heavy atom. The van der Waals surface area contributed by atoms with Crippen molar-refractivity contribution in [3.63, 3.8) is 0 Å². The fourth-order valence-corrected chi connectivity index (χ4v) is 2.76. The minimum Gasteiger partial charge on any atom is -0.480 e. The quantitative estimate of drug-likeness (QED) is 0.711. The minimum atomic E-state index is -0.873. The van der Waals surface area contributed by atoms with Gasteiger partial charge in [0.25, 0.3) is 0 Å². The van der Waals surface area contributed by atoms with Gasteiger partial charge < -0.3 is 5.11 Å². The van der Waals surface area contributed by atoms with E-state index in [-0.39, 0.29) is 0 Å². The van der Waals surface area contributed by atoms with Crippen LogP contribution in [0.15, 0.2) is 11.4 Å². The van der Waals surface area contributed by atoms with Gasteiger partial charge in [-0.1, -0.05) is 0 Å². The lowest BCUT2D eigenvalue weighted by Gasteiger charge is -2.30. The molecule has 2 rings (SSSR count). The summed E-state index contributed by atoms with van der Waals surface area (Å²) < 4.78 is 0. The number of hydrogen-bond donors (Lipinski definition) is 2. The van der Waals surface area contributed by atoms with Gasteiger partial charge in [0.05, 0.1) is 0 Å². The van der Waals surface area contributed by atoms with Gasteiger partial charge in [0.15, 0.2) is 0 Å². The number of rotatable bonds is 1. The lowest BCUT2D eigenvalue weighted by molar-refractivity contribution is -0.144. The summed E-state index contributed by atoms with van der Waals surface area (Å²) in [6, 6.07) is 2.02. The summed E-state index contributed by atoms with van der Waals surface area (Å²) in [7, 11) is 0. The highest BCUT2D eigenvalue weighted by Crippen LogP contribution is 2.32. The van der Waals surface area contributed by atoms with Gasteiger partial charge in [-0.05, 0) is 30.4 Å². The van der Waals surface area contributed by atoms with E-state index >= 15 is 0 Å². The van der Waals surface area contributed by atoms with E-state index in [4.69, 9.17) is 5.11 Å². The van der Waals surface area contributed by atoms with Crippen molar-refractivity contribution in [2.24, 2.45) is 0 Å². The summed E-state index contributed by atoms with van der Waals surface area (Å²) in [6.07, 6.45) is 0.932. The SMILES string of the molecule is C[C@@]1(C(=O)O)NCCc2ccsc21. The number of hydrogen-bond acceptors (Lipinski definition) is 3. The Morgan fingerprint density at radius 3 is 3.23 bits per heavy atom. The molecule has 4 heteroatoms. The Hall–Kier alpha value is -0.870. The van der Waals surface area contributed by atoms with Crippen molar-refractivity contribution in [2.45, 2.75) is 18.9 Å². The molecule has 0 amide bonds. The summed E-state index contributed by atoms with van der Waals surface area (Å²) in [5, 5.41) is 14.1. The van der Waals surface area contributed by atoms with Crippen LogP contribution >= 0.6 is 11.3 Å². The molecule has 0 fully saturated rings. The number of thiophene rings is 1. The second-order valence-corrected chi connectivity index (χ2v) is 4.30. The van der Waals surface area contributed by atoms with Gasteiger partial charge >= 0.3 is 5.97 Å². The van der Waals surface area contributed by atoms with Crippen LogP contribution in [0.2, 0.25) is 0 Å². The van der Waals surface area contributed by atoms with E-state index < -0.39 is 11.5 Å². The van der Waals surface area contributed by atoms with Crippen LogP contribution in [0.3, 0.4) is 0 Å². The Bertz CT molecular complexity index is 347. The van der Waals surface area contributed by atoms with Gasteiger partial charge in [-0.15, -0.1) is 11.3 Å². The summed E-state index contributed by atoms with van der Waals surface area (Å²) in [5.74, 6) is -0.795. The van der Waals surface area contributed by atoms with Crippen molar-refractivity contribution in [3.05, 3.63) is 21.9 Å². The average Bonchev–Trinajstić information content (AvgIpc) is 2.53. The fraction of sp³-hybridized carbons (Fsp3) is 0.444. The first-order valence-corrected chi connectivity index (χ1v) is 5.08. The lowest BCUT2D eigenvalue weighted by Crippen LogP contribution is -2.49. The maximum atomic E-state index is 11.1.